The van der Waals surface area contributed by atoms with Crippen molar-refractivity contribution in [2.45, 2.75) is 45.4 Å². The molecule has 1 aromatic heterocycles. The smallest absolute Gasteiger partial charge is 0.240 e. The lowest BCUT2D eigenvalue weighted by atomic mass is 9.81. The van der Waals surface area contributed by atoms with Gasteiger partial charge in [-0.3, -0.25) is 19.3 Å². The second-order valence-corrected chi connectivity index (χ2v) is 7.93. The van der Waals surface area contributed by atoms with Crippen molar-refractivity contribution in [1.82, 2.24) is 10.2 Å². The lowest BCUT2D eigenvalue weighted by Crippen LogP contribution is -2.40. The van der Waals surface area contributed by atoms with E-state index in [2.05, 4.69) is 5.32 Å². The fourth-order valence-electron chi connectivity index (χ4n) is 4.28. The van der Waals surface area contributed by atoms with Gasteiger partial charge in [-0.1, -0.05) is 37.1 Å². The number of amides is 3. The number of nitrogens with zero attached hydrogens (tertiary/aromatic N) is 1. The van der Waals surface area contributed by atoms with Gasteiger partial charge in [-0.25, -0.2) is 0 Å². The third kappa shape index (κ3) is 4.62. The highest BCUT2D eigenvalue weighted by Crippen LogP contribution is 2.37. The van der Waals surface area contributed by atoms with Gasteiger partial charge in [-0.2, -0.15) is 0 Å². The molecular weight excluding hydrogens is 384 g/mol. The van der Waals surface area contributed by atoms with Crippen molar-refractivity contribution in [2.75, 3.05) is 6.54 Å². The van der Waals surface area contributed by atoms with Crippen molar-refractivity contribution in [3.8, 4) is 0 Å². The first-order valence-corrected chi connectivity index (χ1v) is 10.4. The predicted molar refractivity (Wildman–Crippen MR) is 108 cm³/mol. The summed E-state index contributed by atoms with van der Waals surface area (Å²) in [5.74, 6) is -0.376. The zero-order valence-corrected chi connectivity index (χ0v) is 16.8. The highest BCUT2D eigenvalue weighted by Gasteiger charge is 2.48. The quantitative estimate of drug-likeness (QED) is 0.676. The molecule has 0 bridgehead atoms. The predicted octanol–water partition coefficient (Wildman–Crippen LogP) is 2.79. The molecule has 1 aliphatic carbocycles. The van der Waals surface area contributed by atoms with Gasteiger partial charge in [-0.05, 0) is 36.1 Å². The van der Waals surface area contributed by atoms with Crippen LogP contribution in [0.3, 0.4) is 0 Å². The Balaban J connectivity index is 1.25. The molecule has 1 aliphatic heterocycles. The van der Waals surface area contributed by atoms with E-state index in [0.717, 1.165) is 47.5 Å². The minimum Gasteiger partial charge on any atom is -0.467 e. The molecule has 158 valence electrons. The molecule has 7 heteroatoms. The van der Waals surface area contributed by atoms with E-state index >= 15 is 0 Å². The average molecular weight is 410 g/mol. The maximum absolute atomic E-state index is 12.5. The van der Waals surface area contributed by atoms with Crippen LogP contribution in [0.1, 0.15) is 42.6 Å². The molecule has 1 saturated heterocycles. The number of ether oxygens (including phenoxy) is 1. The molecule has 2 heterocycles. The number of rotatable bonds is 8. The molecular formula is C23H26N2O5. The van der Waals surface area contributed by atoms with Crippen molar-refractivity contribution in [2.24, 2.45) is 11.8 Å². The maximum Gasteiger partial charge on any atom is 0.240 e. The number of imide groups is 1. The van der Waals surface area contributed by atoms with E-state index in [1.54, 1.807) is 6.26 Å². The van der Waals surface area contributed by atoms with Crippen LogP contribution in [-0.4, -0.2) is 29.2 Å². The number of benzene rings is 1. The van der Waals surface area contributed by atoms with Crippen LogP contribution in [0.4, 0.5) is 0 Å². The van der Waals surface area contributed by atoms with Crippen LogP contribution in [0, 0.1) is 11.8 Å². The molecule has 3 amide bonds. The molecule has 0 spiro atoms. The molecule has 2 aliphatic rings. The second kappa shape index (κ2) is 9.26. The number of hydrogen-bond acceptors (Lipinski definition) is 5. The Hall–Kier alpha value is -2.93. The Morgan fingerprint density at radius 3 is 2.47 bits per heavy atom. The van der Waals surface area contributed by atoms with Gasteiger partial charge < -0.3 is 14.5 Å². The van der Waals surface area contributed by atoms with Crippen molar-refractivity contribution in [3.63, 3.8) is 0 Å². The summed E-state index contributed by atoms with van der Waals surface area (Å²) in [4.78, 5) is 38.5. The molecule has 1 aromatic carbocycles. The molecule has 1 N–H and O–H groups in total. The first-order valence-electron chi connectivity index (χ1n) is 10.4. The Bertz CT molecular complexity index is 884. The van der Waals surface area contributed by atoms with Gasteiger partial charge in [0, 0.05) is 6.54 Å². The summed E-state index contributed by atoms with van der Waals surface area (Å²) in [5.41, 5.74) is 1.91. The number of nitrogens with one attached hydrogen (secondary N) is 1. The summed E-state index contributed by atoms with van der Waals surface area (Å²) in [6, 6.07) is 11.4. The van der Waals surface area contributed by atoms with E-state index in [1.165, 1.54) is 0 Å². The minimum absolute atomic E-state index is 0.185. The molecule has 2 atom stereocenters. The van der Waals surface area contributed by atoms with E-state index in [1.807, 2.05) is 36.4 Å². The van der Waals surface area contributed by atoms with E-state index in [0.29, 0.717) is 19.8 Å². The monoisotopic (exact) mass is 410 g/mol. The first kappa shape index (κ1) is 20.3. The molecule has 1 saturated carbocycles. The van der Waals surface area contributed by atoms with E-state index in [-0.39, 0.29) is 36.1 Å². The normalized spacial score (nSPS) is 21.0. The SMILES string of the molecule is O=C(CN1C(=O)[C@H]2CCCC[C@H]2C1=O)NCc1cccc(COCc2ccco2)c1. The van der Waals surface area contributed by atoms with Crippen molar-refractivity contribution >= 4 is 17.7 Å². The summed E-state index contributed by atoms with van der Waals surface area (Å²) < 4.78 is 10.9. The molecule has 2 fully saturated rings. The second-order valence-electron chi connectivity index (χ2n) is 7.93. The van der Waals surface area contributed by atoms with Crippen molar-refractivity contribution in [1.29, 1.82) is 0 Å². The topological polar surface area (TPSA) is 88.9 Å². The zero-order valence-electron chi connectivity index (χ0n) is 16.8. The van der Waals surface area contributed by atoms with Crippen LogP contribution in [0.15, 0.2) is 47.1 Å². The van der Waals surface area contributed by atoms with Crippen LogP contribution in [-0.2, 0) is 38.9 Å². The summed E-state index contributed by atoms with van der Waals surface area (Å²) in [7, 11) is 0. The summed E-state index contributed by atoms with van der Waals surface area (Å²) in [6.07, 6.45) is 5.06. The number of fused-ring (bicyclic) bond motifs is 1. The van der Waals surface area contributed by atoms with Gasteiger partial charge in [0.2, 0.25) is 17.7 Å². The molecule has 4 rings (SSSR count). The molecule has 0 radical (unpaired) electrons. The Morgan fingerprint density at radius 2 is 1.77 bits per heavy atom. The molecule has 7 nitrogen and oxygen atoms in total. The molecule has 0 unspecified atom stereocenters. The zero-order chi connectivity index (χ0) is 20.9. The third-order valence-electron chi connectivity index (χ3n) is 5.81. The minimum atomic E-state index is -0.324. The van der Waals surface area contributed by atoms with Crippen LogP contribution in [0.25, 0.3) is 0 Å². The van der Waals surface area contributed by atoms with Crippen LogP contribution >= 0.6 is 0 Å². The van der Waals surface area contributed by atoms with Gasteiger partial charge in [0.25, 0.3) is 0 Å². The van der Waals surface area contributed by atoms with Crippen LogP contribution < -0.4 is 5.32 Å². The number of hydrogen-bond donors (Lipinski definition) is 1. The fourth-order valence-corrected chi connectivity index (χ4v) is 4.28. The maximum atomic E-state index is 12.5. The Labute approximate surface area is 175 Å². The Kier molecular flexibility index (Phi) is 6.28. The lowest BCUT2D eigenvalue weighted by molar-refractivity contribution is -0.143. The van der Waals surface area contributed by atoms with Crippen molar-refractivity contribution in [3.05, 3.63) is 59.5 Å². The third-order valence-corrected chi connectivity index (χ3v) is 5.81. The molecule has 30 heavy (non-hydrogen) atoms. The van der Waals surface area contributed by atoms with Gasteiger partial charge >= 0.3 is 0 Å². The van der Waals surface area contributed by atoms with Gasteiger partial charge in [0.1, 0.15) is 18.9 Å². The Morgan fingerprint density at radius 1 is 1.03 bits per heavy atom. The number of likely N-dealkylation sites (tertiary alicyclic amines) is 1. The highest BCUT2D eigenvalue weighted by atomic mass is 16.5. The lowest BCUT2D eigenvalue weighted by Gasteiger charge is -2.19. The average Bonchev–Trinajstić information content (AvgIpc) is 3.36. The van der Waals surface area contributed by atoms with Crippen LogP contribution in [0.5, 0.6) is 0 Å². The van der Waals surface area contributed by atoms with E-state index in [4.69, 9.17) is 9.15 Å². The summed E-state index contributed by atoms with van der Waals surface area (Å²) >= 11 is 0. The van der Waals surface area contributed by atoms with Crippen LogP contribution in [0.2, 0.25) is 0 Å². The highest BCUT2D eigenvalue weighted by molar-refractivity contribution is 6.07. The summed E-state index contributed by atoms with van der Waals surface area (Å²) in [6.45, 7) is 0.959. The fraction of sp³-hybridized carbons (Fsp3) is 0.435. The van der Waals surface area contributed by atoms with Gasteiger partial charge in [0.05, 0.1) is 24.7 Å². The van der Waals surface area contributed by atoms with Crippen molar-refractivity contribution < 1.29 is 23.5 Å². The largest absolute Gasteiger partial charge is 0.467 e. The van der Waals surface area contributed by atoms with Gasteiger partial charge in [0.15, 0.2) is 0 Å². The standard InChI is InChI=1S/C23H26N2O5/c26-21(13-25-22(27)19-8-1-2-9-20(19)23(25)28)24-12-16-5-3-6-17(11-16)14-29-15-18-7-4-10-30-18/h3-7,10-11,19-20H,1-2,8-9,12-15H2,(H,24,26)/t19-,20+. The van der Waals surface area contributed by atoms with E-state index in [9.17, 15) is 14.4 Å². The molecule has 2 aromatic rings. The van der Waals surface area contributed by atoms with Gasteiger partial charge in [-0.15, -0.1) is 0 Å². The number of carbonyl (C=O) groups excluding carboxylic acids is 3. The number of furan rings is 1. The first-order chi connectivity index (χ1) is 14.6. The van der Waals surface area contributed by atoms with E-state index < -0.39 is 0 Å². The number of carbonyl (C=O) groups is 3. The summed E-state index contributed by atoms with van der Waals surface area (Å²) in [5, 5.41) is 2.81.